The number of hydrogen-bond donors (Lipinski definition) is 2. The van der Waals surface area contributed by atoms with Crippen LogP contribution in [0.5, 0.6) is 11.5 Å². The van der Waals surface area contributed by atoms with E-state index in [4.69, 9.17) is 21.1 Å². The molecule has 0 saturated carbocycles. The number of carbonyl (C=O) groups is 2. The van der Waals surface area contributed by atoms with E-state index in [1.807, 2.05) is 30.3 Å². The van der Waals surface area contributed by atoms with Crippen LogP contribution in [0, 0.1) is 6.92 Å². The summed E-state index contributed by atoms with van der Waals surface area (Å²) in [4.78, 5) is 24.3. The second kappa shape index (κ2) is 10.5. The van der Waals surface area contributed by atoms with Gasteiger partial charge in [-0.25, -0.2) is 10.1 Å². The Bertz CT molecular complexity index is 1140. The Labute approximate surface area is 190 Å². The first-order valence-electron chi connectivity index (χ1n) is 9.57. The first kappa shape index (κ1) is 22.8. The van der Waals surface area contributed by atoms with Crippen LogP contribution >= 0.6 is 11.6 Å². The molecular formula is C22H22ClN5O4. The number of aromatic nitrogens is 2. The number of nitrogens with zero attached hydrogens (tertiary/aromatic N) is 3. The predicted octanol–water partition coefficient (Wildman–Crippen LogP) is 2.73. The summed E-state index contributed by atoms with van der Waals surface area (Å²) in [5.41, 5.74) is 4.72. The topological polar surface area (TPSA) is 107 Å². The number of aryl methyl sites for hydroxylation is 1. The molecular weight excluding hydrogens is 434 g/mol. The van der Waals surface area contributed by atoms with E-state index in [1.54, 1.807) is 23.7 Å². The number of methoxy groups -OCH3 is 2. The van der Waals surface area contributed by atoms with Crippen molar-refractivity contribution in [3.05, 3.63) is 70.5 Å². The van der Waals surface area contributed by atoms with Gasteiger partial charge in [-0.1, -0.05) is 29.8 Å². The number of para-hydroxylation sites is 1. The number of carbonyl (C=O) groups excluding carboxylic acids is 2. The summed E-state index contributed by atoms with van der Waals surface area (Å²) in [6.45, 7) is 1.53. The van der Waals surface area contributed by atoms with Gasteiger partial charge in [0.25, 0.3) is 11.8 Å². The van der Waals surface area contributed by atoms with Gasteiger partial charge in [-0.3, -0.25) is 9.59 Å². The second-order valence-electron chi connectivity index (χ2n) is 6.58. The maximum absolute atomic E-state index is 12.3. The zero-order valence-corrected chi connectivity index (χ0v) is 18.5. The normalized spacial score (nSPS) is 10.8. The minimum Gasteiger partial charge on any atom is -0.493 e. The molecule has 0 aliphatic rings. The number of rotatable bonds is 8. The summed E-state index contributed by atoms with van der Waals surface area (Å²) in [7, 11) is 2.98. The third-order valence-electron chi connectivity index (χ3n) is 4.49. The molecule has 0 unspecified atom stereocenters. The molecule has 0 aliphatic carbocycles. The molecule has 0 atom stereocenters. The molecule has 9 nitrogen and oxygen atoms in total. The van der Waals surface area contributed by atoms with E-state index in [1.165, 1.54) is 26.5 Å². The summed E-state index contributed by atoms with van der Waals surface area (Å²) in [6.07, 6.45) is 1.41. The maximum atomic E-state index is 12.3. The van der Waals surface area contributed by atoms with Gasteiger partial charge >= 0.3 is 0 Å². The summed E-state index contributed by atoms with van der Waals surface area (Å²) < 4.78 is 11.9. The molecule has 0 bridgehead atoms. The minimum absolute atomic E-state index is 0.263. The van der Waals surface area contributed by atoms with Gasteiger partial charge in [-0.05, 0) is 37.3 Å². The average molecular weight is 456 g/mol. The lowest BCUT2D eigenvalue weighted by molar-refractivity contribution is -0.120. The number of ether oxygens (including phenoxy) is 2. The van der Waals surface area contributed by atoms with Crippen LogP contribution in [-0.4, -0.2) is 48.6 Å². The van der Waals surface area contributed by atoms with Gasteiger partial charge in [-0.15, -0.1) is 0 Å². The number of hydrazone groups is 1. The fourth-order valence-corrected chi connectivity index (χ4v) is 3.17. The lowest BCUT2D eigenvalue weighted by Gasteiger charge is -2.09. The van der Waals surface area contributed by atoms with Crippen LogP contribution in [0.1, 0.15) is 21.6 Å². The van der Waals surface area contributed by atoms with Crippen LogP contribution in [0.4, 0.5) is 0 Å². The van der Waals surface area contributed by atoms with Gasteiger partial charge in [0, 0.05) is 5.56 Å². The van der Waals surface area contributed by atoms with Crippen molar-refractivity contribution >= 4 is 29.6 Å². The summed E-state index contributed by atoms with van der Waals surface area (Å²) in [5, 5.41) is 11.2. The third-order valence-corrected chi connectivity index (χ3v) is 4.85. The smallest absolute Gasteiger partial charge is 0.259 e. The number of benzene rings is 2. The Kier molecular flexibility index (Phi) is 7.45. The van der Waals surface area contributed by atoms with E-state index >= 15 is 0 Å². The Morgan fingerprint density at radius 2 is 1.84 bits per heavy atom. The van der Waals surface area contributed by atoms with Crippen molar-refractivity contribution in [1.29, 1.82) is 0 Å². The first-order chi connectivity index (χ1) is 15.4. The number of nitrogens with one attached hydrogen (secondary N) is 2. The summed E-state index contributed by atoms with van der Waals surface area (Å²) in [5.74, 6) is -0.0226. The van der Waals surface area contributed by atoms with Crippen LogP contribution in [0.15, 0.2) is 53.6 Å². The van der Waals surface area contributed by atoms with Gasteiger partial charge in [0.1, 0.15) is 5.15 Å². The van der Waals surface area contributed by atoms with Crippen molar-refractivity contribution in [2.75, 3.05) is 20.8 Å². The molecule has 0 saturated heterocycles. The van der Waals surface area contributed by atoms with Gasteiger partial charge < -0.3 is 14.8 Å². The predicted molar refractivity (Wildman–Crippen MR) is 121 cm³/mol. The van der Waals surface area contributed by atoms with Crippen molar-refractivity contribution in [2.24, 2.45) is 5.10 Å². The van der Waals surface area contributed by atoms with Crippen molar-refractivity contribution in [1.82, 2.24) is 20.5 Å². The van der Waals surface area contributed by atoms with E-state index in [-0.39, 0.29) is 6.54 Å². The Morgan fingerprint density at radius 1 is 1.12 bits per heavy atom. The SMILES string of the molecule is COc1ccc(C(=O)NCC(=O)N/N=C\c2c(C)nn(-c3ccccc3)c2Cl)cc1OC. The van der Waals surface area contributed by atoms with Crippen LogP contribution in [-0.2, 0) is 4.79 Å². The Balaban J connectivity index is 1.57. The molecule has 3 aromatic rings. The molecule has 3 rings (SSSR count). The van der Waals surface area contributed by atoms with E-state index in [0.29, 0.717) is 33.5 Å². The number of hydrogen-bond acceptors (Lipinski definition) is 6. The van der Waals surface area contributed by atoms with Crippen molar-refractivity contribution in [3.8, 4) is 17.2 Å². The van der Waals surface area contributed by atoms with E-state index in [9.17, 15) is 9.59 Å². The molecule has 2 amide bonds. The highest BCUT2D eigenvalue weighted by atomic mass is 35.5. The fraction of sp³-hybridized carbons (Fsp3) is 0.182. The molecule has 0 aliphatic heterocycles. The summed E-state index contributed by atoms with van der Waals surface area (Å²) >= 11 is 6.42. The second-order valence-corrected chi connectivity index (χ2v) is 6.94. The highest BCUT2D eigenvalue weighted by Crippen LogP contribution is 2.27. The first-order valence-corrected chi connectivity index (χ1v) is 9.95. The van der Waals surface area contributed by atoms with Crippen molar-refractivity contribution in [2.45, 2.75) is 6.92 Å². The molecule has 10 heteroatoms. The van der Waals surface area contributed by atoms with Gasteiger partial charge in [-0.2, -0.15) is 10.2 Å². The monoisotopic (exact) mass is 455 g/mol. The van der Waals surface area contributed by atoms with Crippen LogP contribution in [0.2, 0.25) is 5.15 Å². The minimum atomic E-state index is -0.501. The molecule has 1 heterocycles. The van der Waals surface area contributed by atoms with Gasteiger partial charge in [0.15, 0.2) is 11.5 Å². The molecule has 32 heavy (non-hydrogen) atoms. The molecule has 0 radical (unpaired) electrons. The van der Waals surface area contributed by atoms with E-state index < -0.39 is 11.8 Å². The molecule has 0 fully saturated rings. The lowest BCUT2D eigenvalue weighted by atomic mass is 10.2. The zero-order valence-electron chi connectivity index (χ0n) is 17.8. The molecule has 2 N–H and O–H groups in total. The van der Waals surface area contributed by atoms with Crippen LogP contribution < -0.4 is 20.2 Å². The molecule has 166 valence electrons. The maximum Gasteiger partial charge on any atom is 0.259 e. The Morgan fingerprint density at radius 3 is 2.53 bits per heavy atom. The third kappa shape index (κ3) is 5.25. The number of halogens is 1. The van der Waals surface area contributed by atoms with Crippen molar-refractivity contribution in [3.63, 3.8) is 0 Å². The number of amides is 2. The zero-order chi connectivity index (χ0) is 23.1. The van der Waals surface area contributed by atoms with E-state index in [0.717, 1.165) is 5.69 Å². The highest BCUT2D eigenvalue weighted by molar-refractivity contribution is 6.32. The standard InChI is InChI=1S/C22H22ClN5O4/c1-14-17(21(23)28(27-14)16-7-5-4-6-8-16)12-25-26-20(29)13-24-22(30)15-9-10-18(31-2)19(11-15)32-3/h4-12H,13H2,1-3H3,(H,24,30)(H,26,29)/b25-12-. The lowest BCUT2D eigenvalue weighted by Crippen LogP contribution is -2.34. The quantitative estimate of drug-likeness (QED) is 0.401. The summed E-state index contributed by atoms with van der Waals surface area (Å²) in [6, 6.07) is 14.1. The van der Waals surface area contributed by atoms with Gasteiger partial charge in [0.05, 0.1) is 43.9 Å². The average Bonchev–Trinajstić information content (AvgIpc) is 3.11. The van der Waals surface area contributed by atoms with E-state index in [2.05, 4.69) is 20.9 Å². The Hall–Kier alpha value is -3.85. The molecule has 2 aromatic carbocycles. The van der Waals surface area contributed by atoms with Crippen molar-refractivity contribution < 1.29 is 19.1 Å². The highest BCUT2D eigenvalue weighted by Gasteiger charge is 2.14. The van der Waals surface area contributed by atoms with Crippen LogP contribution in [0.3, 0.4) is 0 Å². The largest absolute Gasteiger partial charge is 0.493 e. The van der Waals surface area contributed by atoms with Crippen LogP contribution in [0.25, 0.3) is 5.69 Å². The molecule has 1 aromatic heterocycles. The fourth-order valence-electron chi connectivity index (χ4n) is 2.85. The van der Waals surface area contributed by atoms with Gasteiger partial charge in [0.2, 0.25) is 0 Å². The molecule has 0 spiro atoms.